The van der Waals surface area contributed by atoms with Gasteiger partial charge in [0.25, 0.3) is 0 Å². The van der Waals surface area contributed by atoms with Gasteiger partial charge in [-0.1, -0.05) is 78.4 Å². The van der Waals surface area contributed by atoms with Gasteiger partial charge < -0.3 is 0 Å². The van der Waals surface area contributed by atoms with Crippen LogP contribution in [0.25, 0.3) is 11.1 Å². The lowest BCUT2D eigenvalue weighted by Crippen LogP contribution is -1.86. The second kappa shape index (κ2) is 8.96. The summed E-state index contributed by atoms with van der Waals surface area (Å²) in [5.74, 6) is 0. The van der Waals surface area contributed by atoms with E-state index in [1.807, 2.05) is 6.21 Å². The average molecular weight is 339 g/mol. The normalized spacial score (nSPS) is 11.5. The molecular formula is C25H25N. The van der Waals surface area contributed by atoms with Crippen LogP contribution in [0, 0.1) is 6.92 Å². The summed E-state index contributed by atoms with van der Waals surface area (Å²) in [6.07, 6.45) is 8.41. The predicted molar refractivity (Wildman–Crippen MR) is 113 cm³/mol. The Labute approximate surface area is 156 Å². The number of allylic oxidation sites excluding steroid dienone is 2. The second-order valence-corrected chi connectivity index (χ2v) is 6.52. The van der Waals surface area contributed by atoms with E-state index in [4.69, 9.17) is 0 Å². The molecule has 0 amide bonds. The van der Waals surface area contributed by atoms with Crippen LogP contribution < -0.4 is 0 Å². The lowest BCUT2D eigenvalue weighted by molar-refractivity contribution is 0.999. The van der Waals surface area contributed by atoms with Crippen molar-refractivity contribution in [2.75, 3.05) is 0 Å². The minimum atomic E-state index is 0.970. The van der Waals surface area contributed by atoms with Gasteiger partial charge in [-0.05, 0) is 61.1 Å². The van der Waals surface area contributed by atoms with Crippen LogP contribution in [0.15, 0.2) is 89.9 Å². The standard InChI is InChI=1S/C25H25N/c1-3-4-5-6-21-9-11-22(12-10-21)19-26-25-17-15-24(16-18-25)23-13-7-20(2)8-14-23/h3-4,7-19H,5-6H2,1-2H3/b4-3+,26-19?. The van der Waals surface area contributed by atoms with Gasteiger partial charge in [0.2, 0.25) is 0 Å². The molecule has 26 heavy (non-hydrogen) atoms. The highest BCUT2D eigenvalue weighted by atomic mass is 14.7. The number of aryl methyl sites for hydroxylation is 2. The van der Waals surface area contributed by atoms with Crippen molar-refractivity contribution in [3.05, 3.63) is 102 Å². The third-order valence-electron chi connectivity index (χ3n) is 4.43. The molecule has 130 valence electrons. The molecule has 3 aromatic rings. The Morgan fingerprint density at radius 1 is 0.769 bits per heavy atom. The fraction of sp³-hybridized carbons (Fsp3) is 0.160. The summed E-state index contributed by atoms with van der Waals surface area (Å²) < 4.78 is 0. The van der Waals surface area contributed by atoms with Gasteiger partial charge in [0.05, 0.1) is 5.69 Å². The van der Waals surface area contributed by atoms with E-state index in [9.17, 15) is 0 Å². The van der Waals surface area contributed by atoms with Crippen molar-refractivity contribution in [2.24, 2.45) is 4.99 Å². The zero-order valence-electron chi connectivity index (χ0n) is 15.5. The molecule has 0 aliphatic heterocycles. The highest BCUT2D eigenvalue weighted by Gasteiger charge is 1.98. The lowest BCUT2D eigenvalue weighted by atomic mass is 10.0. The summed E-state index contributed by atoms with van der Waals surface area (Å²) in [5.41, 5.74) is 7.19. The molecule has 0 bridgehead atoms. The third-order valence-corrected chi connectivity index (χ3v) is 4.43. The van der Waals surface area contributed by atoms with E-state index in [1.165, 1.54) is 22.3 Å². The minimum absolute atomic E-state index is 0.970. The molecule has 1 heteroatoms. The number of hydrogen-bond donors (Lipinski definition) is 0. The van der Waals surface area contributed by atoms with Gasteiger partial charge in [0, 0.05) is 6.21 Å². The van der Waals surface area contributed by atoms with E-state index in [1.54, 1.807) is 0 Å². The zero-order valence-corrected chi connectivity index (χ0v) is 15.5. The van der Waals surface area contributed by atoms with Crippen molar-refractivity contribution < 1.29 is 0 Å². The van der Waals surface area contributed by atoms with Crippen LogP contribution in [0.2, 0.25) is 0 Å². The highest BCUT2D eigenvalue weighted by molar-refractivity contribution is 5.82. The molecule has 0 fully saturated rings. The second-order valence-electron chi connectivity index (χ2n) is 6.52. The summed E-state index contributed by atoms with van der Waals surface area (Å²) in [6, 6.07) is 25.6. The van der Waals surface area contributed by atoms with Crippen LogP contribution in [0.4, 0.5) is 5.69 Å². The largest absolute Gasteiger partial charge is 0.256 e. The Bertz CT molecular complexity index is 867. The number of hydrogen-bond acceptors (Lipinski definition) is 1. The van der Waals surface area contributed by atoms with Crippen molar-refractivity contribution in [2.45, 2.75) is 26.7 Å². The third kappa shape index (κ3) is 5.03. The molecule has 0 N–H and O–H groups in total. The lowest BCUT2D eigenvalue weighted by Gasteiger charge is -2.03. The first kappa shape index (κ1) is 17.9. The number of aliphatic imine (C=N–C) groups is 1. The maximum Gasteiger partial charge on any atom is 0.0630 e. The molecule has 0 unspecified atom stereocenters. The van der Waals surface area contributed by atoms with E-state index in [2.05, 4.69) is 104 Å². The summed E-state index contributed by atoms with van der Waals surface area (Å²) in [5, 5.41) is 0. The van der Waals surface area contributed by atoms with Crippen LogP contribution in [0.5, 0.6) is 0 Å². The summed E-state index contributed by atoms with van der Waals surface area (Å²) >= 11 is 0. The first-order valence-electron chi connectivity index (χ1n) is 9.16. The Morgan fingerprint density at radius 3 is 2.00 bits per heavy atom. The van der Waals surface area contributed by atoms with Gasteiger partial charge in [-0.15, -0.1) is 0 Å². The summed E-state index contributed by atoms with van der Waals surface area (Å²) in [6.45, 7) is 4.17. The van der Waals surface area contributed by atoms with Gasteiger partial charge in [-0.2, -0.15) is 0 Å². The smallest absolute Gasteiger partial charge is 0.0630 e. The fourth-order valence-electron chi connectivity index (χ4n) is 2.82. The molecule has 0 saturated carbocycles. The maximum atomic E-state index is 4.59. The minimum Gasteiger partial charge on any atom is -0.256 e. The SMILES string of the molecule is C/C=C/CCc1ccc(C=Nc2ccc(-c3ccc(C)cc3)cc2)cc1. The van der Waals surface area contributed by atoms with Gasteiger partial charge >= 0.3 is 0 Å². The molecule has 0 atom stereocenters. The van der Waals surface area contributed by atoms with E-state index in [0.717, 1.165) is 24.1 Å². The van der Waals surface area contributed by atoms with Crippen LogP contribution in [0.3, 0.4) is 0 Å². The molecule has 0 radical (unpaired) electrons. The van der Waals surface area contributed by atoms with Gasteiger partial charge in [-0.25, -0.2) is 0 Å². The summed E-state index contributed by atoms with van der Waals surface area (Å²) in [4.78, 5) is 4.59. The van der Waals surface area contributed by atoms with Gasteiger partial charge in [0.1, 0.15) is 0 Å². The van der Waals surface area contributed by atoms with Crippen molar-refractivity contribution in [3.63, 3.8) is 0 Å². The van der Waals surface area contributed by atoms with Gasteiger partial charge in [0.15, 0.2) is 0 Å². The molecule has 3 aromatic carbocycles. The molecule has 0 aromatic heterocycles. The molecule has 0 heterocycles. The molecule has 0 saturated heterocycles. The van der Waals surface area contributed by atoms with E-state index in [0.29, 0.717) is 0 Å². The maximum absolute atomic E-state index is 4.59. The quantitative estimate of drug-likeness (QED) is 0.341. The van der Waals surface area contributed by atoms with E-state index < -0.39 is 0 Å². The summed E-state index contributed by atoms with van der Waals surface area (Å²) in [7, 11) is 0. The molecule has 0 aliphatic rings. The number of nitrogens with zero attached hydrogens (tertiary/aromatic N) is 1. The first-order valence-corrected chi connectivity index (χ1v) is 9.16. The van der Waals surface area contributed by atoms with E-state index in [-0.39, 0.29) is 0 Å². The van der Waals surface area contributed by atoms with Gasteiger partial charge in [-0.3, -0.25) is 4.99 Å². The Hall–Kier alpha value is -2.93. The Morgan fingerprint density at radius 2 is 1.38 bits per heavy atom. The molecule has 1 nitrogen and oxygen atoms in total. The van der Waals surface area contributed by atoms with Crippen molar-refractivity contribution in [3.8, 4) is 11.1 Å². The molecule has 0 spiro atoms. The average Bonchev–Trinajstić information content (AvgIpc) is 2.69. The van der Waals surface area contributed by atoms with Crippen LogP contribution in [0.1, 0.15) is 30.0 Å². The van der Waals surface area contributed by atoms with Crippen LogP contribution >= 0.6 is 0 Å². The Balaban J connectivity index is 1.64. The van der Waals surface area contributed by atoms with Crippen molar-refractivity contribution in [1.82, 2.24) is 0 Å². The Kier molecular flexibility index (Phi) is 6.16. The molecular weight excluding hydrogens is 314 g/mol. The topological polar surface area (TPSA) is 12.4 Å². The fourth-order valence-corrected chi connectivity index (χ4v) is 2.82. The van der Waals surface area contributed by atoms with Crippen molar-refractivity contribution in [1.29, 1.82) is 0 Å². The van der Waals surface area contributed by atoms with Crippen LogP contribution in [-0.4, -0.2) is 6.21 Å². The monoisotopic (exact) mass is 339 g/mol. The number of benzene rings is 3. The first-order chi connectivity index (χ1) is 12.7. The molecule has 0 aliphatic carbocycles. The number of rotatable bonds is 6. The van der Waals surface area contributed by atoms with Crippen LogP contribution in [-0.2, 0) is 6.42 Å². The zero-order chi connectivity index (χ0) is 18.2. The van der Waals surface area contributed by atoms with Crippen molar-refractivity contribution >= 4 is 11.9 Å². The predicted octanol–water partition coefficient (Wildman–Crippen LogP) is 6.92. The van der Waals surface area contributed by atoms with E-state index >= 15 is 0 Å². The molecule has 3 rings (SSSR count). The highest BCUT2D eigenvalue weighted by Crippen LogP contribution is 2.23.